The molecule has 0 aliphatic heterocycles. The number of anilines is 1. The fourth-order valence-corrected chi connectivity index (χ4v) is 5.88. The third kappa shape index (κ3) is 8.10. The Hall–Kier alpha value is -3.85. The maximum atomic E-state index is 14.2. The summed E-state index contributed by atoms with van der Waals surface area (Å²) in [6.07, 6.45) is 1.09. The highest BCUT2D eigenvalue weighted by Gasteiger charge is 2.34. The number of carbonyl (C=O) groups is 2. The van der Waals surface area contributed by atoms with Crippen LogP contribution in [0.2, 0.25) is 0 Å². The molecular formula is C32H41N3O5S. The van der Waals surface area contributed by atoms with Crippen LogP contribution in [0.1, 0.15) is 50.3 Å². The van der Waals surface area contributed by atoms with Crippen molar-refractivity contribution < 1.29 is 22.7 Å². The molecule has 0 aliphatic rings. The number of ether oxygens (including phenoxy) is 1. The predicted octanol–water partition coefficient (Wildman–Crippen LogP) is 5.23. The van der Waals surface area contributed by atoms with Crippen LogP contribution in [-0.2, 0) is 26.2 Å². The average Bonchev–Trinajstić information content (AvgIpc) is 2.95. The molecule has 41 heavy (non-hydrogen) atoms. The van der Waals surface area contributed by atoms with Crippen LogP contribution < -0.4 is 14.4 Å². The SMILES string of the molecule is CC[C@H](C(=O)N[C@@H](C)CC)N(Cc1cccc(OC)c1)C(=O)CN(c1cccc(C)c1)S(=O)(=O)c1ccc(C)cc1. The molecule has 220 valence electrons. The van der Waals surface area contributed by atoms with Crippen LogP contribution >= 0.6 is 0 Å². The van der Waals surface area contributed by atoms with Gasteiger partial charge in [0.2, 0.25) is 11.8 Å². The van der Waals surface area contributed by atoms with Crippen LogP contribution in [0.3, 0.4) is 0 Å². The molecule has 0 spiro atoms. The van der Waals surface area contributed by atoms with E-state index in [-0.39, 0.29) is 23.4 Å². The first-order valence-electron chi connectivity index (χ1n) is 13.9. The second-order valence-electron chi connectivity index (χ2n) is 10.3. The van der Waals surface area contributed by atoms with Gasteiger partial charge in [-0.25, -0.2) is 8.42 Å². The van der Waals surface area contributed by atoms with Gasteiger partial charge >= 0.3 is 0 Å². The van der Waals surface area contributed by atoms with Crippen molar-refractivity contribution >= 4 is 27.5 Å². The normalized spacial score (nSPS) is 12.7. The number of nitrogens with zero attached hydrogens (tertiary/aromatic N) is 2. The molecule has 0 heterocycles. The summed E-state index contributed by atoms with van der Waals surface area (Å²) in [4.78, 5) is 29.1. The molecule has 0 radical (unpaired) electrons. The van der Waals surface area contributed by atoms with Crippen molar-refractivity contribution in [2.75, 3.05) is 18.0 Å². The molecule has 0 aliphatic carbocycles. The van der Waals surface area contributed by atoms with E-state index in [1.54, 1.807) is 61.7 Å². The van der Waals surface area contributed by atoms with Crippen molar-refractivity contribution in [3.63, 3.8) is 0 Å². The Morgan fingerprint density at radius 3 is 2.20 bits per heavy atom. The highest BCUT2D eigenvalue weighted by atomic mass is 32.2. The van der Waals surface area contributed by atoms with Gasteiger partial charge in [0, 0.05) is 12.6 Å². The Balaban J connectivity index is 2.07. The lowest BCUT2D eigenvalue weighted by Crippen LogP contribution is -2.53. The number of rotatable bonds is 13. The minimum Gasteiger partial charge on any atom is -0.497 e. The maximum absolute atomic E-state index is 14.2. The largest absolute Gasteiger partial charge is 0.497 e. The van der Waals surface area contributed by atoms with Crippen LogP contribution in [0.4, 0.5) is 5.69 Å². The number of amides is 2. The van der Waals surface area contributed by atoms with E-state index < -0.39 is 28.5 Å². The van der Waals surface area contributed by atoms with Crippen molar-refractivity contribution in [2.45, 2.75) is 71.0 Å². The molecule has 9 heteroatoms. The molecule has 0 bridgehead atoms. The molecular weight excluding hydrogens is 538 g/mol. The number of carbonyl (C=O) groups excluding carboxylic acids is 2. The fourth-order valence-electron chi connectivity index (χ4n) is 4.48. The number of nitrogens with one attached hydrogen (secondary N) is 1. The highest BCUT2D eigenvalue weighted by Crippen LogP contribution is 2.26. The van der Waals surface area contributed by atoms with E-state index >= 15 is 0 Å². The summed E-state index contributed by atoms with van der Waals surface area (Å²) in [6.45, 7) is 9.10. The van der Waals surface area contributed by atoms with Gasteiger partial charge in [0.25, 0.3) is 10.0 Å². The standard InChI is InChI=1S/C32H41N3O5S/c1-7-25(5)33-32(37)30(8-2)34(21-26-12-10-14-28(20-26)40-6)31(36)22-35(27-13-9-11-24(4)19-27)41(38,39)29-17-15-23(3)16-18-29/h9-20,25,30H,7-8,21-22H2,1-6H3,(H,33,37)/t25-,30+/m0/s1. The number of benzene rings is 3. The third-order valence-electron chi connectivity index (χ3n) is 7.05. The van der Waals surface area contributed by atoms with E-state index in [2.05, 4.69) is 5.32 Å². The zero-order chi connectivity index (χ0) is 30.2. The third-order valence-corrected chi connectivity index (χ3v) is 8.84. The summed E-state index contributed by atoms with van der Waals surface area (Å²) >= 11 is 0. The molecule has 3 aromatic rings. The molecule has 3 aromatic carbocycles. The lowest BCUT2D eigenvalue weighted by atomic mass is 10.1. The predicted molar refractivity (Wildman–Crippen MR) is 162 cm³/mol. The summed E-state index contributed by atoms with van der Waals surface area (Å²) in [5.74, 6) is -0.145. The highest BCUT2D eigenvalue weighted by molar-refractivity contribution is 7.92. The monoisotopic (exact) mass is 579 g/mol. The number of aryl methyl sites for hydroxylation is 2. The number of methoxy groups -OCH3 is 1. The first-order valence-corrected chi connectivity index (χ1v) is 15.3. The number of hydrogen-bond donors (Lipinski definition) is 1. The summed E-state index contributed by atoms with van der Waals surface area (Å²) in [5.41, 5.74) is 2.91. The summed E-state index contributed by atoms with van der Waals surface area (Å²) in [6, 6.07) is 20.0. The van der Waals surface area contributed by atoms with Gasteiger partial charge in [0.05, 0.1) is 17.7 Å². The summed E-state index contributed by atoms with van der Waals surface area (Å²) < 4.78 is 34.4. The van der Waals surface area contributed by atoms with E-state index in [1.165, 1.54) is 4.90 Å². The van der Waals surface area contributed by atoms with E-state index in [1.807, 2.05) is 52.8 Å². The number of sulfonamides is 1. The lowest BCUT2D eigenvalue weighted by molar-refractivity contribution is -0.140. The smallest absolute Gasteiger partial charge is 0.264 e. The van der Waals surface area contributed by atoms with Gasteiger partial charge in [0.15, 0.2) is 0 Å². The molecule has 2 atom stereocenters. The molecule has 0 fully saturated rings. The zero-order valence-corrected chi connectivity index (χ0v) is 25.6. The Morgan fingerprint density at radius 1 is 0.902 bits per heavy atom. The Kier molecular flexibility index (Phi) is 10.9. The van der Waals surface area contributed by atoms with Crippen molar-refractivity contribution in [2.24, 2.45) is 0 Å². The molecule has 0 saturated heterocycles. The Labute approximate surface area is 244 Å². The lowest BCUT2D eigenvalue weighted by Gasteiger charge is -2.34. The van der Waals surface area contributed by atoms with Gasteiger partial charge in [-0.2, -0.15) is 0 Å². The van der Waals surface area contributed by atoms with Crippen molar-refractivity contribution in [3.05, 3.63) is 89.5 Å². The summed E-state index contributed by atoms with van der Waals surface area (Å²) in [5, 5.41) is 2.99. The van der Waals surface area contributed by atoms with Gasteiger partial charge in [0.1, 0.15) is 18.3 Å². The van der Waals surface area contributed by atoms with Gasteiger partial charge in [-0.15, -0.1) is 0 Å². The van der Waals surface area contributed by atoms with Crippen LogP contribution in [0.25, 0.3) is 0 Å². The van der Waals surface area contributed by atoms with Crippen LogP contribution in [0.5, 0.6) is 5.75 Å². The first kappa shape index (κ1) is 31.7. The minimum absolute atomic E-state index is 0.0731. The van der Waals surface area contributed by atoms with Gasteiger partial charge < -0.3 is 15.0 Å². The van der Waals surface area contributed by atoms with E-state index in [0.717, 1.165) is 27.4 Å². The fraction of sp³-hybridized carbons (Fsp3) is 0.375. The molecule has 0 saturated carbocycles. The molecule has 2 amide bonds. The van der Waals surface area contributed by atoms with E-state index in [4.69, 9.17) is 4.74 Å². The van der Waals surface area contributed by atoms with Crippen LogP contribution in [0.15, 0.2) is 77.7 Å². The first-order chi connectivity index (χ1) is 19.5. The molecule has 3 rings (SSSR count). The van der Waals surface area contributed by atoms with Crippen LogP contribution in [-0.4, -0.2) is 50.9 Å². The number of hydrogen-bond acceptors (Lipinski definition) is 5. The molecule has 0 aromatic heterocycles. The Bertz CT molecular complexity index is 1440. The molecule has 8 nitrogen and oxygen atoms in total. The second kappa shape index (κ2) is 14.2. The van der Waals surface area contributed by atoms with Crippen molar-refractivity contribution in [1.29, 1.82) is 0 Å². The van der Waals surface area contributed by atoms with Crippen molar-refractivity contribution in [3.8, 4) is 5.75 Å². The quantitative estimate of drug-likeness (QED) is 0.299. The minimum atomic E-state index is -4.11. The topological polar surface area (TPSA) is 96.0 Å². The maximum Gasteiger partial charge on any atom is 0.264 e. The zero-order valence-electron chi connectivity index (χ0n) is 24.8. The summed E-state index contributed by atoms with van der Waals surface area (Å²) in [7, 11) is -2.55. The van der Waals surface area contributed by atoms with E-state index in [9.17, 15) is 18.0 Å². The van der Waals surface area contributed by atoms with Gasteiger partial charge in [-0.3, -0.25) is 13.9 Å². The Morgan fingerprint density at radius 2 is 1.59 bits per heavy atom. The average molecular weight is 580 g/mol. The van der Waals surface area contributed by atoms with Crippen LogP contribution in [0, 0.1) is 13.8 Å². The van der Waals surface area contributed by atoms with Gasteiger partial charge in [-0.1, -0.05) is 55.8 Å². The molecule has 0 unspecified atom stereocenters. The van der Waals surface area contributed by atoms with E-state index in [0.29, 0.717) is 17.9 Å². The van der Waals surface area contributed by atoms with Crippen molar-refractivity contribution in [1.82, 2.24) is 10.2 Å². The van der Waals surface area contributed by atoms with Gasteiger partial charge in [-0.05, 0) is 81.1 Å². The second-order valence-corrected chi connectivity index (χ2v) is 12.1. The molecule has 1 N–H and O–H groups in total.